The van der Waals surface area contributed by atoms with Crippen LogP contribution in [0.1, 0.15) is 53.6 Å². The molecule has 2 atom stereocenters. The highest BCUT2D eigenvalue weighted by Crippen LogP contribution is 2.19. The summed E-state index contributed by atoms with van der Waals surface area (Å²) in [6, 6.07) is 24.0. The predicted octanol–water partition coefficient (Wildman–Crippen LogP) is 5.00. The standard InChI is InChI=1S/C33H40N4O3/c1-5-40-31-12-7-6-11-29(31)21-36-33(39)19-27-10-8-9-26(18-27)17-23(2)34-22-30(38)28-15-16-32(35-20-28)37-24(3)13-14-25(37)4/h6-16,18,20,23,30,34,38H,5,17,19,21-22H2,1-4H3,(H,36,39)/t23-,30-/m1/s1. The summed E-state index contributed by atoms with van der Waals surface area (Å²) in [6.07, 6.45) is 2.19. The lowest BCUT2D eigenvalue weighted by Gasteiger charge is -2.18. The first-order chi connectivity index (χ1) is 19.3. The number of pyridine rings is 1. The van der Waals surface area contributed by atoms with Gasteiger partial charge < -0.3 is 25.0 Å². The molecule has 0 unspecified atom stereocenters. The molecule has 0 aliphatic carbocycles. The highest BCUT2D eigenvalue weighted by Gasteiger charge is 2.13. The summed E-state index contributed by atoms with van der Waals surface area (Å²) in [5, 5.41) is 17.2. The van der Waals surface area contributed by atoms with E-state index in [4.69, 9.17) is 4.74 Å². The molecule has 7 nitrogen and oxygen atoms in total. The van der Waals surface area contributed by atoms with Crippen molar-refractivity contribution in [3.63, 3.8) is 0 Å². The van der Waals surface area contributed by atoms with E-state index in [9.17, 15) is 9.90 Å². The van der Waals surface area contributed by atoms with Crippen LogP contribution >= 0.6 is 0 Å². The molecule has 0 saturated carbocycles. The van der Waals surface area contributed by atoms with Gasteiger partial charge in [0.15, 0.2) is 0 Å². The molecular formula is C33H40N4O3. The maximum Gasteiger partial charge on any atom is 0.224 e. The van der Waals surface area contributed by atoms with Crippen LogP contribution in [0, 0.1) is 13.8 Å². The number of para-hydroxylation sites is 1. The molecule has 4 aromatic rings. The number of amides is 1. The summed E-state index contributed by atoms with van der Waals surface area (Å²) < 4.78 is 7.74. The number of hydrogen-bond donors (Lipinski definition) is 3. The maximum absolute atomic E-state index is 12.6. The van der Waals surface area contributed by atoms with Crippen molar-refractivity contribution in [1.82, 2.24) is 20.2 Å². The van der Waals surface area contributed by atoms with Gasteiger partial charge in [-0.3, -0.25) is 4.79 Å². The summed E-state index contributed by atoms with van der Waals surface area (Å²) in [7, 11) is 0. The number of nitrogens with one attached hydrogen (secondary N) is 2. The number of aliphatic hydroxyl groups is 1. The molecular weight excluding hydrogens is 500 g/mol. The lowest BCUT2D eigenvalue weighted by Crippen LogP contribution is -2.32. The van der Waals surface area contributed by atoms with Crippen molar-refractivity contribution in [2.45, 2.75) is 59.2 Å². The van der Waals surface area contributed by atoms with Gasteiger partial charge in [0, 0.05) is 47.8 Å². The third-order valence-corrected chi connectivity index (χ3v) is 6.96. The molecule has 7 heteroatoms. The molecule has 0 bridgehead atoms. The van der Waals surface area contributed by atoms with E-state index in [1.54, 1.807) is 6.20 Å². The first-order valence-corrected chi connectivity index (χ1v) is 13.9. The fourth-order valence-corrected chi connectivity index (χ4v) is 4.87. The van der Waals surface area contributed by atoms with E-state index in [0.29, 0.717) is 26.1 Å². The SMILES string of the molecule is CCOc1ccccc1CNC(=O)Cc1cccc(C[C@@H](C)NC[C@@H](O)c2ccc(-n3c(C)ccc3C)nc2)c1. The van der Waals surface area contributed by atoms with Gasteiger partial charge in [-0.2, -0.15) is 0 Å². The van der Waals surface area contributed by atoms with Crippen LogP contribution in [0.4, 0.5) is 0 Å². The number of carbonyl (C=O) groups is 1. The Morgan fingerprint density at radius 1 is 1.00 bits per heavy atom. The molecule has 0 radical (unpaired) electrons. The molecule has 2 heterocycles. The van der Waals surface area contributed by atoms with Crippen LogP contribution in [-0.2, 0) is 24.2 Å². The van der Waals surface area contributed by atoms with Gasteiger partial charge in [-0.05, 0) is 69.5 Å². The molecule has 2 aromatic heterocycles. The maximum atomic E-state index is 12.6. The number of nitrogens with zero attached hydrogens (tertiary/aromatic N) is 2. The Bertz CT molecular complexity index is 1380. The monoisotopic (exact) mass is 540 g/mol. The zero-order valence-corrected chi connectivity index (χ0v) is 23.9. The minimum atomic E-state index is -0.654. The molecule has 40 heavy (non-hydrogen) atoms. The van der Waals surface area contributed by atoms with Crippen molar-refractivity contribution in [2.75, 3.05) is 13.2 Å². The van der Waals surface area contributed by atoms with Crippen LogP contribution in [0.5, 0.6) is 5.75 Å². The molecule has 0 fully saturated rings. The molecule has 0 aliphatic rings. The van der Waals surface area contributed by atoms with Gasteiger partial charge in [-0.25, -0.2) is 4.98 Å². The zero-order chi connectivity index (χ0) is 28.5. The Morgan fingerprint density at radius 3 is 2.48 bits per heavy atom. The van der Waals surface area contributed by atoms with Crippen molar-refractivity contribution in [1.29, 1.82) is 0 Å². The van der Waals surface area contributed by atoms with E-state index in [-0.39, 0.29) is 11.9 Å². The van der Waals surface area contributed by atoms with Crippen molar-refractivity contribution in [2.24, 2.45) is 0 Å². The number of aliphatic hydroxyl groups excluding tert-OH is 1. The van der Waals surface area contributed by atoms with Crippen LogP contribution in [0.2, 0.25) is 0 Å². The Morgan fingerprint density at radius 2 is 1.75 bits per heavy atom. The van der Waals surface area contributed by atoms with Crippen molar-refractivity contribution >= 4 is 5.91 Å². The van der Waals surface area contributed by atoms with Crippen LogP contribution in [0.15, 0.2) is 79.0 Å². The summed E-state index contributed by atoms with van der Waals surface area (Å²) in [4.78, 5) is 17.2. The molecule has 2 aromatic carbocycles. The fourth-order valence-electron chi connectivity index (χ4n) is 4.87. The molecule has 0 saturated heterocycles. The molecule has 0 aliphatic heterocycles. The van der Waals surface area contributed by atoms with E-state index in [1.165, 1.54) is 0 Å². The van der Waals surface area contributed by atoms with E-state index < -0.39 is 6.10 Å². The Hall–Kier alpha value is -3.94. The summed E-state index contributed by atoms with van der Waals surface area (Å²) in [5.41, 5.74) is 6.11. The van der Waals surface area contributed by atoms with Crippen LogP contribution in [0.3, 0.4) is 0 Å². The van der Waals surface area contributed by atoms with Gasteiger partial charge in [0.25, 0.3) is 0 Å². The average molecular weight is 541 g/mol. The van der Waals surface area contributed by atoms with Gasteiger partial charge in [-0.15, -0.1) is 0 Å². The van der Waals surface area contributed by atoms with Crippen LogP contribution < -0.4 is 15.4 Å². The number of rotatable bonds is 13. The highest BCUT2D eigenvalue weighted by atomic mass is 16.5. The number of aromatic nitrogens is 2. The minimum Gasteiger partial charge on any atom is -0.494 e. The Kier molecular flexibility index (Phi) is 10.1. The first-order valence-electron chi connectivity index (χ1n) is 13.9. The quantitative estimate of drug-likeness (QED) is 0.222. The third kappa shape index (κ3) is 7.81. The second kappa shape index (κ2) is 13.9. The van der Waals surface area contributed by atoms with Gasteiger partial charge in [0.2, 0.25) is 5.91 Å². The van der Waals surface area contributed by atoms with Gasteiger partial charge >= 0.3 is 0 Å². The zero-order valence-electron chi connectivity index (χ0n) is 23.9. The Balaban J connectivity index is 1.25. The lowest BCUT2D eigenvalue weighted by molar-refractivity contribution is -0.120. The van der Waals surface area contributed by atoms with E-state index in [1.807, 2.05) is 55.5 Å². The number of carbonyl (C=O) groups excluding carboxylic acids is 1. The van der Waals surface area contributed by atoms with Gasteiger partial charge in [0.05, 0.1) is 19.1 Å². The van der Waals surface area contributed by atoms with E-state index >= 15 is 0 Å². The number of ether oxygens (including phenoxy) is 1. The van der Waals surface area contributed by atoms with E-state index in [0.717, 1.165) is 51.6 Å². The van der Waals surface area contributed by atoms with Gasteiger partial charge in [0.1, 0.15) is 11.6 Å². The number of aryl methyl sites for hydroxylation is 2. The number of hydrogen-bond acceptors (Lipinski definition) is 5. The highest BCUT2D eigenvalue weighted by molar-refractivity contribution is 5.78. The first kappa shape index (κ1) is 29.1. The molecule has 3 N–H and O–H groups in total. The Labute approximate surface area is 237 Å². The average Bonchev–Trinajstić information content (AvgIpc) is 3.29. The molecule has 0 spiro atoms. The molecule has 4 rings (SSSR count). The second-order valence-electron chi connectivity index (χ2n) is 10.2. The second-order valence-corrected chi connectivity index (χ2v) is 10.2. The lowest BCUT2D eigenvalue weighted by atomic mass is 10.0. The summed E-state index contributed by atoms with van der Waals surface area (Å²) >= 11 is 0. The van der Waals surface area contributed by atoms with Crippen LogP contribution in [0.25, 0.3) is 5.82 Å². The number of benzene rings is 2. The smallest absolute Gasteiger partial charge is 0.224 e. The van der Waals surface area contributed by atoms with Crippen molar-refractivity contribution in [3.05, 3.63) is 113 Å². The normalized spacial score (nSPS) is 12.6. The van der Waals surface area contributed by atoms with Gasteiger partial charge in [-0.1, -0.05) is 48.5 Å². The summed E-state index contributed by atoms with van der Waals surface area (Å²) in [6.45, 7) is 9.60. The van der Waals surface area contributed by atoms with E-state index in [2.05, 4.69) is 65.2 Å². The fraction of sp³-hybridized carbons (Fsp3) is 0.333. The topological polar surface area (TPSA) is 88.4 Å². The molecule has 210 valence electrons. The minimum absolute atomic E-state index is 0.0283. The van der Waals surface area contributed by atoms with Crippen molar-refractivity contribution in [3.8, 4) is 11.6 Å². The third-order valence-electron chi connectivity index (χ3n) is 6.96. The molecule has 1 amide bonds. The van der Waals surface area contributed by atoms with Crippen LogP contribution in [-0.4, -0.2) is 39.8 Å². The summed E-state index contributed by atoms with van der Waals surface area (Å²) in [5.74, 6) is 1.62. The predicted molar refractivity (Wildman–Crippen MR) is 159 cm³/mol. The largest absolute Gasteiger partial charge is 0.494 e. The van der Waals surface area contributed by atoms with Crippen molar-refractivity contribution < 1.29 is 14.6 Å².